The summed E-state index contributed by atoms with van der Waals surface area (Å²) in [5.74, 6) is 0. The molecule has 1 N–H and O–H groups in total. The predicted molar refractivity (Wildman–Crippen MR) is 26.9 cm³/mol. The zero-order chi connectivity index (χ0) is 5.86. The lowest BCUT2D eigenvalue weighted by Gasteiger charge is -1.95. The van der Waals surface area contributed by atoms with Crippen LogP contribution in [0, 0.1) is 0 Å². The Labute approximate surface area is 42.5 Å². The molecule has 0 bridgehead atoms. The second kappa shape index (κ2) is 2.53. The first-order valence-electron chi connectivity index (χ1n) is 2.00. The van der Waals surface area contributed by atoms with Crippen molar-refractivity contribution < 1.29 is 9.90 Å². The lowest BCUT2D eigenvalue weighted by Crippen LogP contribution is -2.02. The number of aldehydes is 1. The van der Waals surface area contributed by atoms with E-state index in [1.54, 1.807) is 0 Å². The van der Waals surface area contributed by atoms with Crippen molar-refractivity contribution in [2.45, 2.75) is 13.0 Å². The van der Waals surface area contributed by atoms with E-state index in [1.807, 2.05) is 0 Å². The summed E-state index contributed by atoms with van der Waals surface area (Å²) in [4.78, 5) is 9.69. The molecule has 0 radical (unpaired) electrons. The van der Waals surface area contributed by atoms with Crippen LogP contribution in [0.25, 0.3) is 0 Å². The van der Waals surface area contributed by atoms with Crippen LogP contribution in [-0.2, 0) is 4.79 Å². The molecule has 0 aromatic heterocycles. The van der Waals surface area contributed by atoms with E-state index in [0.29, 0.717) is 6.29 Å². The summed E-state index contributed by atoms with van der Waals surface area (Å²) < 4.78 is 0. The Morgan fingerprint density at radius 2 is 2.43 bits per heavy atom. The fraction of sp³-hybridized carbons (Fsp3) is 0.400. The highest BCUT2D eigenvalue weighted by Gasteiger charge is 1.95. The molecular weight excluding hydrogens is 92.1 g/mol. The molecule has 0 saturated heterocycles. The predicted octanol–water partition coefficient (Wildman–Crippen LogP) is 0.122. The van der Waals surface area contributed by atoms with Crippen molar-refractivity contribution in [2.24, 2.45) is 0 Å². The molecule has 2 nitrogen and oxygen atoms in total. The van der Waals surface area contributed by atoms with Crippen LogP contribution in [0.5, 0.6) is 0 Å². The third-order valence-electron chi connectivity index (χ3n) is 0.688. The molecule has 0 heterocycles. The second-order valence-corrected chi connectivity index (χ2v) is 1.37. The Hall–Kier alpha value is -0.630. The Bertz CT molecular complexity index is 84.1. The Kier molecular flexibility index (Phi) is 2.30. The maximum Gasteiger partial charge on any atom is 0.148 e. The quantitative estimate of drug-likeness (QED) is 0.395. The van der Waals surface area contributed by atoms with Gasteiger partial charge in [0, 0.05) is 5.57 Å². The van der Waals surface area contributed by atoms with Gasteiger partial charge in [-0.3, -0.25) is 4.79 Å². The van der Waals surface area contributed by atoms with Crippen molar-refractivity contribution in [3.05, 3.63) is 12.2 Å². The molecule has 0 rings (SSSR count). The summed E-state index contributed by atoms with van der Waals surface area (Å²) in [6, 6.07) is 0. The van der Waals surface area contributed by atoms with Crippen LogP contribution in [-0.4, -0.2) is 17.5 Å². The van der Waals surface area contributed by atoms with Gasteiger partial charge in [0.05, 0.1) is 6.10 Å². The van der Waals surface area contributed by atoms with Gasteiger partial charge in [-0.25, -0.2) is 0 Å². The summed E-state index contributed by atoms with van der Waals surface area (Å²) in [7, 11) is 0. The van der Waals surface area contributed by atoms with E-state index >= 15 is 0 Å². The molecule has 40 valence electrons. The van der Waals surface area contributed by atoms with Gasteiger partial charge < -0.3 is 5.11 Å². The summed E-state index contributed by atoms with van der Waals surface area (Å²) in [5, 5.41) is 8.49. The standard InChI is InChI=1S/C5H8O2/c1-4(3-6)5(2)7/h3,5,7H,1H2,2H3. The highest BCUT2D eigenvalue weighted by molar-refractivity contribution is 5.73. The van der Waals surface area contributed by atoms with Crippen LogP contribution in [0.3, 0.4) is 0 Å². The minimum Gasteiger partial charge on any atom is -0.389 e. The van der Waals surface area contributed by atoms with Crippen molar-refractivity contribution in [2.75, 3.05) is 0 Å². The van der Waals surface area contributed by atoms with Crippen molar-refractivity contribution >= 4 is 6.29 Å². The summed E-state index contributed by atoms with van der Waals surface area (Å²) in [5.41, 5.74) is 0.222. The van der Waals surface area contributed by atoms with E-state index in [2.05, 4.69) is 6.58 Å². The molecule has 0 fully saturated rings. The minimum absolute atomic E-state index is 0.222. The van der Waals surface area contributed by atoms with Crippen LogP contribution in [0.2, 0.25) is 0 Å². The lowest BCUT2D eigenvalue weighted by atomic mass is 10.2. The van der Waals surface area contributed by atoms with Gasteiger partial charge in [0.2, 0.25) is 0 Å². The normalized spacial score (nSPS) is 12.9. The molecule has 0 saturated carbocycles. The van der Waals surface area contributed by atoms with Crippen molar-refractivity contribution in [3.63, 3.8) is 0 Å². The van der Waals surface area contributed by atoms with E-state index in [4.69, 9.17) is 5.11 Å². The number of carbonyl (C=O) groups excluding carboxylic acids is 1. The number of hydrogen-bond donors (Lipinski definition) is 1. The number of aliphatic hydroxyl groups is 1. The van der Waals surface area contributed by atoms with E-state index in [0.717, 1.165) is 0 Å². The van der Waals surface area contributed by atoms with E-state index < -0.39 is 6.10 Å². The SMILES string of the molecule is C=C(C=O)C(C)O. The number of carbonyl (C=O) groups is 1. The van der Waals surface area contributed by atoms with Gasteiger partial charge >= 0.3 is 0 Å². The van der Waals surface area contributed by atoms with E-state index in [-0.39, 0.29) is 5.57 Å². The molecule has 0 aliphatic rings. The molecular formula is C5H8O2. The fourth-order valence-corrected chi connectivity index (χ4v) is 0.0985. The van der Waals surface area contributed by atoms with E-state index in [9.17, 15) is 4.79 Å². The number of hydrogen-bond acceptors (Lipinski definition) is 2. The van der Waals surface area contributed by atoms with Gasteiger partial charge in [-0.05, 0) is 6.92 Å². The van der Waals surface area contributed by atoms with Crippen LogP contribution in [0.4, 0.5) is 0 Å². The first-order chi connectivity index (χ1) is 3.18. The third-order valence-corrected chi connectivity index (χ3v) is 0.688. The Balaban J connectivity index is 3.56. The summed E-state index contributed by atoms with van der Waals surface area (Å²) in [6.45, 7) is 4.75. The maximum absolute atomic E-state index is 9.69. The van der Waals surface area contributed by atoms with Gasteiger partial charge in [0.1, 0.15) is 6.29 Å². The molecule has 2 heteroatoms. The van der Waals surface area contributed by atoms with Crippen molar-refractivity contribution in [1.29, 1.82) is 0 Å². The molecule has 0 aromatic carbocycles. The number of aliphatic hydroxyl groups excluding tert-OH is 1. The molecule has 1 atom stereocenters. The summed E-state index contributed by atoms with van der Waals surface area (Å²) >= 11 is 0. The van der Waals surface area contributed by atoms with Gasteiger partial charge in [0.15, 0.2) is 0 Å². The molecule has 1 unspecified atom stereocenters. The average molecular weight is 100 g/mol. The van der Waals surface area contributed by atoms with Crippen molar-refractivity contribution in [1.82, 2.24) is 0 Å². The molecule has 0 aliphatic carbocycles. The fourth-order valence-electron chi connectivity index (χ4n) is 0.0985. The second-order valence-electron chi connectivity index (χ2n) is 1.37. The zero-order valence-electron chi connectivity index (χ0n) is 4.22. The smallest absolute Gasteiger partial charge is 0.148 e. The summed E-state index contributed by atoms with van der Waals surface area (Å²) in [6.07, 6.45) is -0.150. The van der Waals surface area contributed by atoms with Crippen LogP contribution >= 0.6 is 0 Å². The molecule has 0 spiro atoms. The van der Waals surface area contributed by atoms with Gasteiger partial charge in [-0.2, -0.15) is 0 Å². The first-order valence-corrected chi connectivity index (χ1v) is 2.00. The third kappa shape index (κ3) is 2.11. The molecule has 7 heavy (non-hydrogen) atoms. The Morgan fingerprint density at radius 1 is 2.00 bits per heavy atom. The monoisotopic (exact) mass is 100 g/mol. The largest absolute Gasteiger partial charge is 0.389 e. The first kappa shape index (κ1) is 6.37. The van der Waals surface area contributed by atoms with Crippen LogP contribution < -0.4 is 0 Å². The minimum atomic E-state index is -0.697. The highest BCUT2D eigenvalue weighted by Crippen LogP contribution is 1.90. The lowest BCUT2D eigenvalue weighted by molar-refractivity contribution is -0.105. The van der Waals surface area contributed by atoms with Gasteiger partial charge in [-0.15, -0.1) is 0 Å². The molecule has 0 amide bonds. The van der Waals surface area contributed by atoms with Gasteiger partial charge in [0.25, 0.3) is 0 Å². The van der Waals surface area contributed by atoms with E-state index in [1.165, 1.54) is 6.92 Å². The average Bonchev–Trinajstić information content (AvgIpc) is 1.65. The van der Waals surface area contributed by atoms with Gasteiger partial charge in [-0.1, -0.05) is 6.58 Å². The zero-order valence-corrected chi connectivity index (χ0v) is 4.22. The van der Waals surface area contributed by atoms with Crippen LogP contribution in [0.1, 0.15) is 6.92 Å². The maximum atomic E-state index is 9.69. The van der Waals surface area contributed by atoms with Crippen molar-refractivity contribution in [3.8, 4) is 0 Å². The molecule has 0 aliphatic heterocycles. The number of rotatable bonds is 2. The topological polar surface area (TPSA) is 37.3 Å². The Morgan fingerprint density at radius 3 is 2.43 bits per heavy atom. The highest BCUT2D eigenvalue weighted by atomic mass is 16.3. The van der Waals surface area contributed by atoms with Crippen LogP contribution in [0.15, 0.2) is 12.2 Å². The molecule has 0 aromatic rings.